The number of hydrogen-bond acceptors (Lipinski definition) is 3. The first-order chi connectivity index (χ1) is 7.04. The van der Waals surface area contributed by atoms with Crippen LogP contribution in [-0.4, -0.2) is 22.7 Å². The zero-order valence-corrected chi connectivity index (χ0v) is 10.9. The van der Waals surface area contributed by atoms with E-state index in [1.54, 1.807) is 0 Å². The summed E-state index contributed by atoms with van der Waals surface area (Å²) in [6, 6.07) is 2.22. The van der Waals surface area contributed by atoms with Crippen molar-refractivity contribution in [2.75, 3.05) is 11.9 Å². The quantitative estimate of drug-likeness (QED) is 0.886. The predicted molar refractivity (Wildman–Crippen MR) is 66.0 cm³/mol. The van der Waals surface area contributed by atoms with Crippen LogP contribution in [0.15, 0.2) is 16.7 Å². The van der Waals surface area contributed by atoms with Crippen molar-refractivity contribution in [3.63, 3.8) is 0 Å². The van der Waals surface area contributed by atoms with E-state index in [4.69, 9.17) is 5.11 Å². The van der Waals surface area contributed by atoms with Gasteiger partial charge in [0.1, 0.15) is 5.82 Å². The zero-order chi connectivity index (χ0) is 11.4. The SMILES string of the molecule is Cc1cnc(NC(C)C(C)CO)c(Br)c1. The van der Waals surface area contributed by atoms with Gasteiger partial charge in [0.05, 0.1) is 4.47 Å². The van der Waals surface area contributed by atoms with Crippen LogP contribution in [0.4, 0.5) is 5.82 Å². The first kappa shape index (κ1) is 12.5. The van der Waals surface area contributed by atoms with E-state index in [9.17, 15) is 0 Å². The van der Waals surface area contributed by atoms with Gasteiger partial charge >= 0.3 is 0 Å². The van der Waals surface area contributed by atoms with Crippen LogP contribution in [0, 0.1) is 12.8 Å². The molecule has 0 radical (unpaired) electrons. The average molecular weight is 273 g/mol. The van der Waals surface area contributed by atoms with Crippen molar-refractivity contribution in [2.24, 2.45) is 5.92 Å². The third-order valence-electron chi connectivity index (χ3n) is 2.48. The molecule has 0 aromatic carbocycles. The van der Waals surface area contributed by atoms with Crippen LogP contribution in [-0.2, 0) is 0 Å². The molecule has 0 amide bonds. The minimum absolute atomic E-state index is 0.178. The molecule has 0 bridgehead atoms. The van der Waals surface area contributed by atoms with Gasteiger partial charge in [-0.05, 0) is 47.3 Å². The van der Waals surface area contributed by atoms with E-state index >= 15 is 0 Å². The minimum atomic E-state index is 0.178. The second kappa shape index (κ2) is 5.47. The van der Waals surface area contributed by atoms with Gasteiger partial charge in [-0.15, -0.1) is 0 Å². The summed E-state index contributed by atoms with van der Waals surface area (Å²) in [4.78, 5) is 4.29. The lowest BCUT2D eigenvalue weighted by Gasteiger charge is -2.20. The summed E-state index contributed by atoms with van der Waals surface area (Å²) in [7, 11) is 0. The van der Waals surface area contributed by atoms with Crippen LogP contribution >= 0.6 is 15.9 Å². The van der Waals surface area contributed by atoms with Gasteiger partial charge in [0.25, 0.3) is 0 Å². The molecular formula is C11H17BrN2O. The van der Waals surface area contributed by atoms with E-state index in [0.29, 0.717) is 0 Å². The molecule has 15 heavy (non-hydrogen) atoms. The molecular weight excluding hydrogens is 256 g/mol. The van der Waals surface area contributed by atoms with E-state index in [-0.39, 0.29) is 18.6 Å². The van der Waals surface area contributed by atoms with Crippen molar-refractivity contribution in [3.8, 4) is 0 Å². The lowest BCUT2D eigenvalue weighted by atomic mass is 10.1. The maximum absolute atomic E-state index is 9.02. The fourth-order valence-electron chi connectivity index (χ4n) is 1.16. The first-order valence-corrected chi connectivity index (χ1v) is 5.83. The Kier molecular flexibility index (Phi) is 4.54. The van der Waals surface area contributed by atoms with Gasteiger partial charge in [0.15, 0.2) is 0 Å². The van der Waals surface area contributed by atoms with E-state index < -0.39 is 0 Å². The smallest absolute Gasteiger partial charge is 0.140 e. The van der Waals surface area contributed by atoms with Crippen molar-refractivity contribution in [1.82, 2.24) is 4.98 Å². The van der Waals surface area contributed by atoms with Gasteiger partial charge in [-0.3, -0.25) is 0 Å². The maximum Gasteiger partial charge on any atom is 0.140 e. The third-order valence-corrected chi connectivity index (χ3v) is 3.09. The van der Waals surface area contributed by atoms with Crippen molar-refractivity contribution >= 4 is 21.7 Å². The number of aryl methyl sites for hydroxylation is 1. The number of aromatic nitrogens is 1. The molecule has 3 nitrogen and oxygen atoms in total. The highest BCUT2D eigenvalue weighted by atomic mass is 79.9. The molecule has 0 fully saturated rings. The number of aliphatic hydroxyl groups excluding tert-OH is 1. The summed E-state index contributed by atoms with van der Waals surface area (Å²) in [5.41, 5.74) is 1.12. The van der Waals surface area contributed by atoms with Crippen LogP contribution in [0.25, 0.3) is 0 Å². The highest BCUT2D eigenvalue weighted by Crippen LogP contribution is 2.22. The molecule has 0 saturated heterocycles. The molecule has 2 N–H and O–H groups in total. The summed E-state index contributed by atoms with van der Waals surface area (Å²) in [5, 5.41) is 12.3. The van der Waals surface area contributed by atoms with Crippen LogP contribution in [0.1, 0.15) is 19.4 Å². The maximum atomic E-state index is 9.02. The fraction of sp³-hybridized carbons (Fsp3) is 0.545. The normalized spacial score (nSPS) is 14.7. The summed E-state index contributed by atoms with van der Waals surface area (Å²) >= 11 is 3.46. The van der Waals surface area contributed by atoms with E-state index in [1.807, 2.05) is 33.0 Å². The second-order valence-electron chi connectivity index (χ2n) is 3.94. The number of nitrogens with zero attached hydrogens (tertiary/aromatic N) is 1. The number of halogens is 1. The van der Waals surface area contributed by atoms with E-state index in [0.717, 1.165) is 15.9 Å². The molecule has 0 aliphatic heterocycles. The van der Waals surface area contributed by atoms with Gasteiger partial charge in [-0.25, -0.2) is 4.98 Å². The monoisotopic (exact) mass is 272 g/mol. The highest BCUT2D eigenvalue weighted by Gasteiger charge is 2.12. The Morgan fingerprint density at radius 2 is 2.20 bits per heavy atom. The van der Waals surface area contributed by atoms with Gasteiger partial charge in [0.2, 0.25) is 0 Å². The van der Waals surface area contributed by atoms with E-state index in [2.05, 4.69) is 26.2 Å². The number of anilines is 1. The Morgan fingerprint density at radius 1 is 1.53 bits per heavy atom. The topological polar surface area (TPSA) is 45.2 Å². The first-order valence-electron chi connectivity index (χ1n) is 5.04. The third kappa shape index (κ3) is 3.47. The van der Waals surface area contributed by atoms with Crippen molar-refractivity contribution in [1.29, 1.82) is 0 Å². The van der Waals surface area contributed by atoms with Crippen molar-refractivity contribution in [2.45, 2.75) is 26.8 Å². The Labute approximate surface area is 99.1 Å². The molecule has 4 heteroatoms. The number of hydrogen-bond donors (Lipinski definition) is 2. The molecule has 2 atom stereocenters. The summed E-state index contributed by atoms with van der Waals surface area (Å²) < 4.78 is 0.958. The zero-order valence-electron chi connectivity index (χ0n) is 9.29. The van der Waals surface area contributed by atoms with Gasteiger partial charge in [-0.2, -0.15) is 0 Å². The Bertz CT molecular complexity index is 330. The molecule has 0 spiro atoms. The predicted octanol–water partition coefficient (Wildman–Crippen LogP) is 2.58. The van der Waals surface area contributed by atoms with Crippen molar-refractivity contribution in [3.05, 3.63) is 22.3 Å². The molecule has 84 valence electrons. The van der Waals surface area contributed by atoms with E-state index in [1.165, 1.54) is 0 Å². The van der Waals surface area contributed by atoms with Crippen molar-refractivity contribution < 1.29 is 5.11 Å². The van der Waals surface area contributed by atoms with Crippen LogP contribution < -0.4 is 5.32 Å². The highest BCUT2D eigenvalue weighted by molar-refractivity contribution is 9.10. The molecule has 1 heterocycles. The number of nitrogens with one attached hydrogen (secondary N) is 1. The average Bonchev–Trinajstić information content (AvgIpc) is 2.20. The second-order valence-corrected chi connectivity index (χ2v) is 4.79. The van der Waals surface area contributed by atoms with Crippen LogP contribution in [0.2, 0.25) is 0 Å². The summed E-state index contributed by atoms with van der Waals surface area (Å²) in [6.45, 7) is 6.22. The number of aliphatic hydroxyl groups is 1. The Balaban J connectivity index is 2.72. The fourth-order valence-corrected chi connectivity index (χ4v) is 1.73. The standard InChI is InChI=1S/C11H17BrN2O/c1-7-4-10(12)11(13-5-7)14-9(3)8(2)6-15/h4-5,8-9,15H,6H2,1-3H3,(H,13,14). The lowest BCUT2D eigenvalue weighted by Crippen LogP contribution is -2.26. The van der Waals surface area contributed by atoms with Gasteiger partial charge in [0, 0.05) is 18.8 Å². The van der Waals surface area contributed by atoms with Gasteiger partial charge < -0.3 is 10.4 Å². The summed E-state index contributed by atoms with van der Waals surface area (Å²) in [6.07, 6.45) is 1.82. The molecule has 1 aromatic heterocycles. The van der Waals surface area contributed by atoms with Crippen LogP contribution in [0.5, 0.6) is 0 Å². The number of pyridine rings is 1. The minimum Gasteiger partial charge on any atom is -0.396 e. The molecule has 0 aliphatic rings. The largest absolute Gasteiger partial charge is 0.396 e. The number of rotatable bonds is 4. The molecule has 0 aliphatic carbocycles. The summed E-state index contributed by atoms with van der Waals surface area (Å²) in [5.74, 6) is 1.04. The van der Waals surface area contributed by atoms with Crippen LogP contribution in [0.3, 0.4) is 0 Å². The molecule has 1 aromatic rings. The molecule has 0 saturated carbocycles. The Hall–Kier alpha value is -0.610. The molecule has 1 rings (SSSR count). The molecule has 2 unspecified atom stereocenters. The van der Waals surface area contributed by atoms with Gasteiger partial charge in [-0.1, -0.05) is 6.92 Å². The lowest BCUT2D eigenvalue weighted by molar-refractivity contribution is 0.226. The Morgan fingerprint density at radius 3 is 2.73 bits per heavy atom.